The number of piperazine rings is 1. The molecule has 2 heterocycles. The molecule has 154 valence electrons. The van der Waals surface area contributed by atoms with E-state index in [1.54, 1.807) is 25.3 Å². The van der Waals surface area contributed by atoms with E-state index in [-0.39, 0.29) is 9.96 Å². The van der Waals surface area contributed by atoms with Crippen LogP contribution in [0.15, 0.2) is 46.7 Å². The monoisotopic (exact) mass is 452 g/mol. The van der Waals surface area contributed by atoms with Gasteiger partial charge in [-0.3, -0.25) is 4.90 Å². The SMILES string of the molecule is COc1ccc2ccc(O)c(CN3CCN(S(=O)(=O)c4ccc(Cl)s4)CC3)c2c1. The number of phenolic OH excluding ortho intramolecular Hbond substituents is 1. The van der Waals surface area contributed by atoms with Gasteiger partial charge in [0, 0.05) is 38.3 Å². The third-order valence-electron chi connectivity index (χ3n) is 5.17. The molecule has 0 radical (unpaired) electrons. The minimum absolute atomic E-state index is 0.231. The molecule has 1 aliphatic heterocycles. The van der Waals surface area contributed by atoms with Crippen LogP contribution in [-0.4, -0.2) is 56.0 Å². The summed E-state index contributed by atoms with van der Waals surface area (Å²) in [5.41, 5.74) is 0.822. The standard InChI is InChI=1S/C20H21ClN2O4S2/c1-27-15-4-2-14-3-5-18(24)17(16(14)12-15)13-22-8-10-23(11-9-22)29(25,26)20-7-6-19(21)28-20/h2-7,12,24H,8-11,13H2,1H3. The van der Waals surface area contributed by atoms with Crippen LogP contribution in [0.3, 0.4) is 0 Å². The summed E-state index contributed by atoms with van der Waals surface area (Å²) in [5.74, 6) is 0.962. The van der Waals surface area contributed by atoms with Crippen LogP contribution in [0.5, 0.6) is 11.5 Å². The van der Waals surface area contributed by atoms with Crippen LogP contribution in [0.2, 0.25) is 4.34 Å². The van der Waals surface area contributed by atoms with Crippen molar-refractivity contribution in [2.75, 3.05) is 33.3 Å². The molecule has 0 aliphatic carbocycles. The maximum atomic E-state index is 12.8. The molecule has 3 aromatic rings. The Labute approximate surface area is 178 Å². The second-order valence-electron chi connectivity index (χ2n) is 6.89. The zero-order chi connectivity index (χ0) is 20.6. The van der Waals surface area contributed by atoms with Crippen molar-refractivity contribution >= 4 is 43.7 Å². The van der Waals surface area contributed by atoms with Crippen molar-refractivity contribution in [2.45, 2.75) is 10.8 Å². The van der Waals surface area contributed by atoms with E-state index >= 15 is 0 Å². The normalized spacial score (nSPS) is 16.3. The summed E-state index contributed by atoms with van der Waals surface area (Å²) in [6, 6.07) is 12.5. The molecule has 0 saturated carbocycles. The number of rotatable bonds is 5. The van der Waals surface area contributed by atoms with Crippen molar-refractivity contribution in [3.05, 3.63) is 52.4 Å². The molecule has 1 saturated heterocycles. The molecule has 0 bridgehead atoms. The van der Waals surface area contributed by atoms with Gasteiger partial charge in [-0.25, -0.2) is 8.42 Å². The molecule has 9 heteroatoms. The molecule has 6 nitrogen and oxygen atoms in total. The van der Waals surface area contributed by atoms with E-state index < -0.39 is 10.0 Å². The lowest BCUT2D eigenvalue weighted by Crippen LogP contribution is -2.48. The second kappa shape index (κ2) is 8.12. The van der Waals surface area contributed by atoms with Crippen molar-refractivity contribution in [1.29, 1.82) is 0 Å². The number of nitrogens with zero attached hydrogens (tertiary/aromatic N) is 2. The van der Waals surface area contributed by atoms with Gasteiger partial charge in [-0.05, 0) is 41.1 Å². The number of benzene rings is 2. The molecule has 0 spiro atoms. The Kier molecular flexibility index (Phi) is 5.72. The number of fused-ring (bicyclic) bond motifs is 1. The van der Waals surface area contributed by atoms with Gasteiger partial charge in [-0.1, -0.05) is 23.7 Å². The average Bonchev–Trinajstić information content (AvgIpc) is 3.17. The van der Waals surface area contributed by atoms with E-state index in [1.165, 1.54) is 4.31 Å². The van der Waals surface area contributed by atoms with Crippen molar-refractivity contribution in [1.82, 2.24) is 9.21 Å². The highest BCUT2D eigenvalue weighted by Gasteiger charge is 2.30. The smallest absolute Gasteiger partial charge is 0.252 e. The Bertz CT molecular complexity index is 1140. The van der Waals surface area contributed by atoms with Crippen LogP contribution in [0.25, 0.3) is 10.8 Å². The highest BCUT2D eigenvalue weighted by atomic mass is 35.5. The largest absolute Gasteiger partial charge is 0.508 e. The van der Waals surface area contributed by atoms with E-state index in [1.807, 2.05) is 24.3 Å². The van der Waals surface area contributed by atoms with Gasteiger partial charge in [0.2, 0.25) is 0 Å². The number of thiophene rings is 1. The number of hydrogen-bond donors (Lipinski definition) is 1. The lowest BCUT2D eigenvalue weighted by atomic mass is 10.0. The van der Waals surface area contributed by atoms with E-state index in [0.717, 1.165) is 33.4 Å². The summed E-state index contributed by atoms with van der Waals surface area (Å²) in [7, 11) is -1.90. The maximum absolute atomic E-state index is 12.8. The fourth-order valence-electron chi connectivity index (χ4n) is 3.56. The van der Waals surface area contributed by atoms with Crippen LogP contribution in [0.4, 0.5) is 0 Å². The van der Waals surface area contributed by atoms with Gasteiger partial charge in [-0.15, -0.1) is 11.3 Å². The van der Waals surface area contributed by atoms with Gasteiger partial charge >= 0.3 is 0 Å². The molecule has 1 N–H and O–H groups in total. The number of hydrogen-bond acceptors (Lipinski definition) is 6. The fourth-order valence-corrected chi connectivity index (χ4v) is 6.62. The van der Waals surface area contributed by atoms with E-state index in [9.17, 15) is 13.5 Å². The van der Waals surface area contributed by atoms with Crippen LogP contribution in [0.1, 0.15) is 5.56 Å². The van der Waals surface area contributed by atoms with Crippen molar-refractivity contribution in [3.63, 3.8) is 0 Å². The molecule has 4 rings (SSSR count). The molecule has 0 unspecified atom stereocenters. The Hall–Kier alpha value is -1.84. The Morgan fingerprint density at radius 2 is 1.83 bits per heavy atom. The first-order chi connectivity index (χ1) is 13.9. The van der Waals surface area contributed by atoms with E-state index in [2.05, 4.69) is 4.90 Å². The predicted octanol–water partition coefficient (Wildman–Crippen LogP) is 3.78. The van der Waals surface area contributed by atoms with Crippen LogP contribution in [0, 0.1) is 0 Å². The molecule has 1 fully saturated rings. The maximum Gasteiger partial charge on any atom is 0.252 e. The summed E-state index contributed by atoms with van der Waals surface area (Å²) in [6.07, 6.45) is 0. The quantitative estimate of drug-likeness (QED) is 0.638. The van der Waals surface area contributed by atoms with Crippen LogP contribution < -0.4 is 4.74 Å². The number of sulfonamides is 1. The second-order valence-corrected chi connectivity index (χ2v) is 10.8. The van der Waals surface area contributed by atoms with Crippen molar-refractivity contribution < 1.29 is 18.3 Å². The lowest BCUT2D eigenvalue weighted by molar-refractivity contribution is 0.181. The van der Waals surface area contributed by atoms with Crippen LogP contribution in [-0.2, 0) is 16.6 Å². The fraction of sp³-hybridized carbons (Fsp3) is 0.300. The predicted molar refractivity (Wildman–Crippen MR) is 116 cm³/mol. The number of methoxy groups -OCH3 is 1. The highest BCUT2D eigenvalue weighted by molar-refractivity contribution is 7.91. The van der Waals surface area contributed by atoms with Gasteiger partial charge in [0.1, 0.15) is 15.7 Å². The van der Waals surface area contributed by atoms with Gasteiger partial charge in [0.05, 0.1) is 11.4 Å². The number of ether oxygens (including phenoxy) is 1. The molecule has 0 amide bonds. The minimum atomic E-state index is -3.51. The van der Waals surface area contributed by atoms with Gasteiger partial charge in [0.15, 0.2) is 0 Å². The lowest BCUT2D eigenvalue weighted by Gasteiger charge is -2.34. The summed E-state index contributed by atoms with van der Waals surface area (Å²) in [5, 5.41) is 12.4. The van der Waals surface area contributed by atoms with E-state index in [0.29, 0.717) is 37.1 Å². The molecule has 2 aromatic carbocycles. The first-order valence-electron chi connectivity index (χ1n) is 9.15. The van der Waals surface area contributed by atoms with Gasteiger partial charge < -0.3 is 9.84 Å². The van der Waals surface area contributed by atoms with Gasteiger partial charge in [0.25, 0.3) is 10.0 Å². The number of halogens is 1. The highest BCUT2D eigenvalue weighted by Crippen LogP contribution is 2.32. The molecule has 1 aliphatic rings. The summed E-state index contributed by atoms with van der Waals surface area (Å²) < 4.78 is 33.1. The van der Waals surface area contributed by atoms with Crippen LogP contribution >= 0.6 is 22.9 Å². The summed E-state index contributed by atoms with van der Waals surface area (Å²) in [6.45, 7) is 2.49. The average molecular weight is 453 g/mol. The topological polar surface area (TPSA) is 70.1 Å². The Morgan fingerprint density at radius 1 is 1.10 bits per heavy atom. The van der Waals surface area contributed by atoms with Crippen molar-refractivity contribution in [3.8, 4) is 11.5 Å². The third kappa shape index (κ3) is 4.08. The summed E-state index contributed by atoms with van der Waals surface area (Å²) in [4.78, 5) is 2.15. The first-order valence-corrected chi connectivity index (χ1v) is 11.8. The molecular formula is C20H21ClN2O4S2. The Morgan fingerprint density at radius 3 is 2.48 bits per heavy atom. The number of phenols is 1. The molecule has 1 aromatic heterocycles. The van der Waals surface area contributed by atoms with Gasteiger partial charge in [-0.2, -0.15) is 4.31 Å². The molecular weight excluding hydrogens is 432 g/mol. The zero-order valence-corrected chi connectivity index (χ0v) is 18.2. The summed E-state index contributed by atoms with van der Waals surface area (Å²) >= 11 is 6.97. The van der Waals surface area contributed by atoms with E-state index in [4.69, 9.17) is 16.3 Å². The third-order valence-corrected chi connectivity index (χ3v) is 8.77. The first kappa shape index (κ1) is 20.4. The number of aromatic hydroxyl groups is 1. The van der Waals surface area contributed by atoms with Crippen molar-refractivity contribution in [2.24, 2.45) is 0 Å². The minimum Gasteiger partial charge on any atom is -0.508 e. The zero-order valence-electron chi connectivity index (χ0n) is 15.8. The Balaban J connectivity index is 1.51. The molecule has 29 heavy (non-hydrogen) atoms. The molecule has 0 atom stereocenters.